The second-order valence-corrected chi connectivity index (χ2v) is 7.34. The van der Waals surface area contributed by atoms with E-state index >= 15 is 0 Å². The Bertz CT molecular complexity index is 747. The highest BCUT2D eigenvalue weighted by Crippen LogP contribution is 2.38. The molecule has 1 amide bonds. The molecule has 0 radical (unpaired) electrons. The largest absolute Gasteiger partial charge is 0.496 e. The monoisotopic (exact) mass is 386 g/mol. The first-order chi connectivity index (χ1) is 13.6. The Kier molecular flexibility index (Phi) is 7.12. The van der Waals surface area contributed by atoms with Gasteiger partial charge in [-0.15, -0.1) is 0 Å². The van der Waals surface area contributed by atoms with Crippen LogP contribution in [0.2, 0.25) is 0 Å². The molecule has 1 aliphatic rings. The number of furan rings is 1. The molecule has 0 spiro atoms. The molecule has 0 bridgehead atoms. The van der Waals surface area contributed by atoms with Gasteiger partial charge in [-0.2, -0.15) is 0 Å². The number of ether oxygens (including phenoxy) is 2. The maximum atomic E-state index is 12.2. The van der Waals surface area contributed by atoms with Crippen LogP contribution in [-0.4, -0.2) is 62.7 Å². The highest BCUT2D eigenvalue weighted by Gasteiger charge is 2.36. The van der Waals surface area contributed by atoms with Gasteiger partial charge in [0.2, 0.25) is 5.91 Å². The summed E-state index contributed by atoms with van der Waals surface area (Å²) in [7, 11) is 3.38. The van der Waals surface area contributed by atoms with E-state index in [4.69, 9.17) is 13.9 Å². The van der Waals surface area contributed by atoms with Crippen molar-refractivity contribution in [2.45, 2.75) is 19.4 Å². The Labute approximate surface area is 167 Å². The first-order valence-corrected chi connectivity index (χ1v) is 9.74. The minimum atomic E-state index is 0.0836. The third-order valence-electron chi connectivity index (χ3n) is 5.48. The van der Waals surface area contributed by atoms with Gasteiger partial charge in [-0.3, -0.25) is 9.69 Å². The number of carbonyl (C=O) groups is 1. The van der Waals surface area contributed by atoms with Crippen LogP contribution in [0.1, 0.15) is 24.2 Å². The molecule has 0 N–H and O–H groups in total. The zero-order chi connectivity index (χ0) is 19.9. The van der Waals surface area contributed by atoms with Crippen LogP contribution < -0.4 is 4.74 Å². The fraction of sp³-hybridized carbons (Fsp3) is 0.500. The van der Waals surface area contributed by atoms with Crippen LogP contribution in [0.4, 0.5) is 0 Å². The molecule has 1 aromatic heterocycles. The smallest absolute Gasteiger partial charge is 0.219 e. The minimum Gasteiger partial charge on any atom is -0.496 e. The third-order valence-corrected chi connectivity index (χ3v) is 5.48. The van der Waals surface area contributed by atoms with E-state index in [-0.39, 0.29) is 11.8 Å². The summed E-state index contributed by atoms with van der Waals surface area (Å²) in [5.74, 6) is 2.55. The van der Waals surface area contributed by atoms with E-state index in [0.29, 0.717) is 25.6 Å². The van der Waals surface area contributed by atoms with Gasteiger partial charge in [0.15, 0.2) is 0 Å². The summed E-state index contributed by atoms with van der Waals surface area (Å²) in [4.78, 5) is 16.5. The van der Waals surface area contributed by atoms with Crippen molar-refractivity contribution in [2.75, 3.05) is 47.0 Å². The van der Waals surface area contributed by atoms with Gasteiger partial charge >= 0.3 is 0 Å². The van der Waals surface area contributed by atoms with E-state index in [0.717, 1.165) is 31.1 Å². The summed E-state index contributed by atoms with van der Waals surface area (Å²) in [5, 5.41) is 0. The lowest BCUT2D eigenvalue weighted by Crippen LogP contribution is -2.38. The predicted molar refractivity (Wildman–Crippen MR) is 107 cm³/mol. The third kappa shape index (κ3) is 4.94. The minimum absolute atomic E-state index is 0.0836. The van der Waals surface area contributed by atoms with Gasteiger partial charge in [-0.1, -0.05) is 18.2 Å². The second-order valence-electron chi connectivity index (χ2n) is 7.34. The lowest BCUT2D eigenvalue weighted by molar-refractivity contribution is -0.130. The van der Waals surface area contributed by atoms with Crippen molar-refractivity contribution >= 4 is 5.91 Å². The van der Waals surface area contributed by atoms with Crippen LogP contribution in [0, 0.1) is 5.92 Å². The van der Waals surface area contributed by atoms with Crippen molar-refractivity contribution < 1.29 is 18.7 Å². The fourth-order valence-electron chi connectivity index (χ4n) is 4.08. The molecule has 6 nitrogen and oxygen atoms in total. The Hall–Kier alpha value is -2.31. The van der Waals surface area contributed by atoms with Crippen molar-refractivity contribution in [1.82, 2.24) is 9.80 Å². The quantitative estimate of drug-likeness (QED) is 0.663. The lowest BCUT2D eigenvalue weighted by atomic mass is 9.88. The van der Waals surface area contributed by atoms with Crippen LogP contribution in [0.3, 0.4) is 0 Å². The highest BCUT2D eigenvalue weighted by molar-refractivity contribution is 5.73. The van der Waals surface area contributed by atoms with E-state index in [2.05, 4.69) is 17.0 Å². The Morgan fingerprint density at radius 1 is 1.21 bits per heavy atom. The summed E-state index contributed by atoms with van der Waals surface area (Å²) in [5.41, 5.74) is 1.20. The highest BCUT2D eigenvalue weighted by atomic mass is 16.5. The number of carbonyl (C=O) groups excluding carboxylic acids is 1. The topological polar surface area (TPSA) is 55.1 Å². The van der Waals surface area contributed by atoms with E-state index in [1.807, 2.05) is 29.2 Å². The standard InChI is InChI=1S/C22H30N2O4/c1-17(25)24(10-12-26-2)14-18-13-23(15-19-7-6-11-28-19)16-21(18)20-8-4-5-9-22(20)27-3/h4-9,11,18,21H,10,12-16H2,1-3H3. The number of methoxy groups -OCH3 is 2. The van der Waals surface area contributed by atoms with Crippen molar-refractivity contribution in [1.29, 1.82) is 0 Å². The summed E-state index contributed by atoms with van der Waals surface area (Å²) < 4.78 is 16.4. The number of para-hydroxylation sites is 1. The Morgan fingerprint density at radius 3 is 2.71 bits per heavy atom. The molecule has 152 valence electrons. The summed E-state index contributed by atoms with van der Waals surface area (Å²) in [6.07, 6.45) is 1.71. The van der Waals surface area contributed by atoms with Crippen molar-refractivity contribution in [2.24, 2.45) is 5.92 Å². The lowest BCUT2D eigenvalue weighted by Gasteiger charge is -2.28. The molecule has 0 aliphatic carbocycles. The Balaban J connectivity index is 1.81. The summed E-state index contributed by atoms with van der Waals surface area (Å²) >= 11 is 0. The number of benzene rings is 1. The number of likely N-dealkylation sites (tertiary alicyclic amines) is 1. The summed E-state index contributed by atoms with van der Waals surface area (Å²) in [6.45, 7) is 6.07. The number of rotatable bonds is 9. The van der Waals surface area contributed by atoms with Crippen LogP contribution >= 0.6 is 0 Å². The number of nitrogens with zero attached hydrogens (tertiary/aromatic N) is 2. The van der Waals surface area contributed by atoms with Crippen molar-refractivity contribution in [3.05, 3.63) is 54.0 Å². The first-order valence-electron chi connectivity index (χ1n) is 9.74. The van der Waals surface area contributed by atoms with Gasteiger partial charge in [-0.25, -0.2) is 0 Å². The summed E-state index contributed by atoms with van der Waals surface area (Å²) in [6, 6.07) is 12.1. The van der Waals surface area contributed by atoms with E-state index < -0.39 is 0 Å². The number of hydrogen-bond acceptors (Lipinski definition) is 5. The average Bonchev–Trinajstić information content (AvgIpc) is 3.35. The Morgan fingerprint density at radius 2 is 2.04 bits per heavy atom. The van der Waals surface area contributed by atoms with Gasteiger partial charge in [-0.05, 0) is 29.7 Å². The number of hydrogen-bond donors (Lipinski definition) is 0. The van der Waals surface area contributed by atoms with E-state index in [1.165, 1.54) is 5.56 Å². The van der Waals surface area contributed by atoms with Gasteiger partial charge in [0.25, 0.3) is 0 Å². The molecule has 6 heteroatoms. The predicted octanol–water partition coefficient (Wildman–Crippen LogP) is 3.00. The molecule has 2 unspecified atom stereocenters. The normalized spacial score (nSPS) is 19.7. The van der Waals surface area contributed by atoms with E-state index in [1.54, 1.807) is 27.4 Å². The molecular weight excluding hydrogens is 356 g/mol. The average molecular weight is 386 g/mol. The molecule has 3 rings (SSSR count). The van der Waals surface area contributed by atoms with E-state index in [9.17, 15) is 4.79 Å². The fourth-order valence-corrected chi connectivity index (χ4v) is 4.08. The van der Waals surface area contributed by atoms with Crippen molar-refractivity contribution in [3.8, 4) is 5.75 Å². The molecule has 2 atom stereocenters. The SMILES string of the molecule is COCCN(CC1CN(Cc2ccco2)CC1c1ccccc1OC)C(C)=O. The van der Waals surface area contributed by atoms with Gasteiger partial charge < -0.3 is 18.8 Å². The second kappa shape index (κ2) is 9.75. The molecular formula is C22H30N2O4. The van der Waals surface area contributed by atoms with Gasteiger partial charge in [0, 0.05) is 46.1 Å². The molecule has 1 fully saturated rings. The molecule has 2 aromatic rings. The maximum Gasteiger partial charge on any atom is 0.219 e. The zero-order valence-corrected chi connectivity index (χ0v) is 17.0. The zero-order valence-electron chi connectivity index (χ0n) is 17.0. The van der Waals surface area contributed by atoms with Gasteiger partial charge in [0.1, 0.15) is 11.5 Å². The molecule has 28 heavy (non-hydrogen) atoms. The first kappa shape index (κ1) is 20.4. The van der Waals surface area contributed by atoms with Gasteiger partial charge in [0.05, 0.1) is 26.5 Å². The number of amides is 1. The molecule has 1 aromatic carbocycles. The van der Waals surface area contributed by atoms with Crippen LogP contribution in [0.5, 0.6) is 5.75 Å². The molecule has 0 saturated carbocycles. The maximum absolute atomic E-state index is 12.2. The van der Waals surface area contributed by atoms with Crippen LogP contribution in [0.15, 0.2) is 47.1 Å². The van der Waals surface area contributed by atoms with Crippen LogP contribution in [-0.2, 0) is 16.1 Å². The molecule has 2 heterocycles. The molecule has 1 saturated heterocycles. The van der Waals surface area contributed by atoms with Crippen LogP contribution in [0.25, 0.3) is 0 Å². The van der Waals surface area contributed by atoms with Crippen molar-refractivity contribution in [3.63, 3.8) is 0 Å². The molecule has 1 aliphatic heterocycles.